The molecule has 1 N–H and O–H groups in total. The van der Waals surface area contributed by atoms with Gasteiger partial charge in [-0.05, 0) is 13.3 Å². The fourth-order valence-electron chi connectivity index (χ4n) is 3.85. The van der Waals surface area contributed by atoms with Gasteiger partial charge in [0.25, 0.3) is 0 Å². The summed E-state index contributed by atoms with van der Waals surface area (Å²) < 4.78 is 5.50. The summed E-state index contributed by atoms with van der Waals surface area (Å²) in [6, 6.07) is 11.0. The molecule has 2 saturated heterocycles. The summed E-state index contributed by atoms with van der Waals surface area (Å²) in [5, 5.41) is 6.65. The highest BCUT2D eigenvalue weighted by Gasteiger charge is 2.30. The third kappa shape index (κ3) is 4.71. The van der Waals surface area contributed by atoms with Gasteiger partial charge in [-0.2, -0.15) is 0 Å². The first kappa shape index (κ1) is 19.4. The van der Waals surface area contributed by atoms with Gasteiger partial charge in [-0.3, -0.25) is 4.90 Å². The number of ether oxygens (including phenoxy) is 1. The quantitative estimate of drug-likeness (QED) is 0.619. The van der Waals surface area contributed by atoms with Crippen LogP contribution in [0.1, 0.15) is 19.0 Å². The molecule has 1 atom stereocenters. The molecule has 6 nitrogen and oxygen atoms in total. The van der Waals surface area contributed by atoms with Crippen molar-refractivity contribution in [3.63, 3.8) is 0 Å². The summed E-state index contributed by atoms with van der Waals surface area (Å²) >= 11 is 1.69. The van der Waals surface area contributed by atoms with Gasteiger partial charge >= 0.3 is 0 Å². The Kier molecular flexibility index (Phi) is 6.57. The number of guanidine groups is 1. The SMILES string of the molecule is CCNC(=NCc1csc(-c2ccccc2)n1)N1CCC(N2CCOCC2)C1. The summed E-state index contributed by atoms with van der Waals surface area (Å²) in [5.41, 5.74) is 2.20. The number of thiazole rings is 1. The van der Waals surface area contributed by atoms with E-state index >= 15 is 0 Å². The number of rotatable bonds is 5. The molecule has 0 amide bonds. The predicted molar refractivity (Wildman–Crippen MR) is 115 cm³/mol. The minimum atomic E-state index is 0.608. The average Bonchev–Trinajstić information content (AvgIpc) is 3.43. The van der Waals surface area contributed by atoms with Gasteiger partial charge in [0, 0.05) is 49.7 Å². The molecule has 1 aromatic heterocycles. The van der Waals surface area contributed by atoms with Gasteiger partial charge in [0.05, 0.1) is 25.5 Å². The minimum absolute atomic E-state index is 0.608. The molecule has 0 aliphatic carbocycles. The second-order valence-electron chi connectivity index (χ2n) is 7.22. The van der Waals surface area contributed by atoms with Gasteiger partial charge in [0.15, 0.2) is 5.96 Å². The molecule has 2 aliphatic heterocycles. The van der Waals surface area contributed by atoms with Crippen LogP contribution in [0.15, 0.2) is 40.7 Å². The van der Waals surface area contributed by atoms with Gasteiger partial charge in [-0.15, -0.1) is 11.3 Å². The molecular weight excluding hydrogens is 370 g/mol. The molecule has 0 spiro atoms. The number of aliphatic imine (C=N–C) groups is 1. The summed E-state index contributed by atoms with van der Waals surface area (Å²) in [5.74, 6) is 1.01. The van der Waals surface area contributed by atoms with Crippen molar-refractivity contribution < 1.29 is 4.74 Å². The maximum Gasteiger partial charge on any atom is 0.194 e. The Hall–Kier alpha value is -1.96. The summed E-state index contributed by atoms with van der Waals surface area (Å²) in [6.07, 6.45) is 1.19. The van der Waals surface area contributed by atoms with E-state index in [0.717, 1.165) is 62.6 Å². The van der Waals surface area contributed by atoms with E-state index in [0.29, 0.717) is 12.6 Å². The lowest BCUT2D eigenvalue weighted by atomic mass is 10.2. The first-order chi connectivity index (χ1) is 13.8. The topological polar surface area (TPSA) is 53.0 Å². The van der Waals surface area contributed by atoms with E-state index in [4.69, 9.17) is 14.7 Å². The second kappa shape index (κ2) is 9.49. The zero-order valence-corrected chi connectivity index (χ0v) is 17.3. The zero-order chi connectivity index (χ0) is 19.2. The Labute approximate surface area is 171 Å². The lowest BCUT2D eigenvalue weighted by Gasteiger charge is -2.32. The predicted octanol–water partition coefficient (Wildman–Crippen LogP) is 2.68. The summed E-state index contributed by atoms with van der Waals surface area (Å²) in [6.45, 7) is 9.53. The largest absolute Gasteiger partial charge is 0.379 e. The molecule has 2 aromatic rings. The van der Waals surface area contributed by atoms with Crippen LogP contribution in [-0.2, 0) is 11.3 Å². The Morgan fingerprint density at radius 2 is 2.07 bits per heavy atom. The average molecular weight is 400 g/mol. The molecule has 150 valence electrons. The van der Waals surface area contributed by atoms with Crippen LogP contribution in [-0.4, -0.2) is 72.7 Å². The lowest BCUT2D eigenvalue weighted by molar-refractivity contribution is 0.0195. The monoisotopic (exact) mass is 399 g/mol. The smallest absolute Gasteiger partial charge is 0.194 e. The molecule has 4 rings (SSSR count). The Morgan fingerprint density at radius 3 is 2.86 bits per heavy atom. The van der Waals surface area contributed by atoms with E-state index in [1.165, 1.54) is 12.0 Å². The van der Waals surface area contributed by atoms with E-state index in [1.807, 2.05) is 6.07 Å². The third-order valence-corrected chi connectivity index (χ3v) is 6.26. The first-order valence-corrected chi connectivity index (χ1v) is 11.1. The number of benzene rings is 1. The lowest BCUT2D eigenvalue weighted by Crippen LogP contribution is -2.46. The number of aromatic nitrogens is 1. The van der Waals surface area contributed by atoms with Crippen molar-refractivity contribution in [2.24, 2.45) is 4.99 Å². The van der Waals surface area contributed by atoms with Crippen LogP contribution in [0.4, 0.5) is 0 Å². The Bertz CT molecular complexity index is 772. The number of nitrogens with one attached hydrogen (secondary N) is 1. The number of hydrogen-bond donors (Lipinski definition) is 1. The molecule has 7 heteroatoms. The molecule has 2 fully saturated rings. The van der Waals surface area contributed by atoms with Gasteiger partial charge in [-0.1, -0.05) is 30.3 Å². The molecule has 0 saturated carbocycles. The molecule has 2 aliphatic rings. The molecule has 3 heterocycles. The second-order valence-corrected chi connectivity index (χ2v) is 8.08. The Morgan fingerprint density at radius 1 is 1.25 bits per heavy atom. The maximum atomic E-state index is 5.50. The van der Waals surface area contributed by atoms with E-state index in [2.05, 4.69) is 51.7 Å². The van der Waals surface area contributed by atoms with Crippen molar-refractivity contribution in [2.75, 3.05) is 45.9 Å². The first-order valence-electron chi connectivity index (χ1n) is 10.2. The van der Waals surface area contributed by atoms with E-state index < -0.39 is 0 Å². The van der Waals surface area contributed by atoms with Crippen molar-refractivity contribution >= 4 is 17.3 Å². The van der Waals surface area contributed by atoms with E-state index in [1.54, 1.807) is 11.3 Å². The summed E-state index contributed by atoms with van der Waals surface area (Å²) in [4.78, 5) is 14.6. The molecule has 1 aromatic carbocycles. The van der Waals surface area contributed by atoms with Crippen LogP contribution in [0.3, 0.4) is 0 Å². The molecule has 0 radical (unpaired) electrons. The maximum absolute atomic E-state index is 5.50. The third-order valence-electron chi connectivity index (χ3n) is 5.32. The van der Waals surface area contributed by atoms with Gasteiger partial charge in [0.2, 0.25) is 0 Å². The Balaban J connectivity index is 1.39. The van der Waals surface area contributed by atoms with Crippen LogP contribution in [0.5, 0.6) is 0 Å². The fraction of sp³-hybridized carbons (Fsp3) is 0.524. The number of nitrogens with zero attached hydrogens (tertiary/aromatic N) is 4. The molecule has 28 heavy (non-hydrogen) atoms. The van der Waals surface area contributed by atoms with Gasteiger partial charge < -0.3 is 15.0 Å². The fourth-order valence-corrected chi connectivity index (χ4v) is 4.67. The van der Waals surface area contributed by atoms with Crippen LogP contribution in [0, 0.1) is 0 Å². The number of hydrogen-bond acceptors (Lipinski definition) is 5. The zero-order valence-electron chi connectivity index (χ0n) is 16.5. The highest BCUT2D eigenvalue weighted by Crippen LogP contribution is 2.24. The van der Waals surface area contributed by atoms with Crippen LogP contribution in [0.2, 0.25) is 0 Å². The van der Waals surface area contributed by atoms with Gasteiger partial charge in [-0.25, -0.2) is 9.98 Å². The highest BCUT2D eigenvalue weighted by molar-refractivity contribution is 7.13. The van der Waals surface area contributed by atoms with E-state index in [-0.39, 0.29) is 0 Å². The highest BCUT2D eigenvalue weighted by atomic mass is 32.1. The standard InChI is InChI=1S/C21H29N5OS/c1-2-22-21(26-9-8-19(15-26)25-10-12-27-13-11-25)23-14-18-16-28-20(24-18)17-6-4-3-5-7-17/h3-7,16,19H,2,8-15H2,1H3,(H,22,23). The van der Waals surface area contributed by atoms with Gasteiger partial charge in [0.1, 0.15) is 5.01 Å². The number of morpholine rings is 1. The van der Waals surface area contributed by atoms with Crippen molar-refractivity contribution in [3.8, 4) is 10.6 Å². The molecule has 1 unspecified atom stereocenters. The summed E-state index contributed by atoms with van der Waals surface area (Å²) in [7, 11) is 0. The number of likely N-dealkylation sites (tertiary alicyclic amines) is 1. The van der Waals surface area contributed by atoms with Crippen molar-refractivity contribution in [2.45, 2.75) is 25.9 Å². The van der Waals surface area contributed by atoms with Crippen molar-refractivity contribution in [3.05, 3.63) is 41.4 Å². The van der Waals surface area contributed by atoms with Crippen molar-refractivity contribution in [1.82, 2.24) is 20.1 Å². The van der Waals surface area contributed by atoms with Crippen molar-refractivity contribution in [1.29, 1.82) is 0 Å². The van der Waals surface area contributed by atoms with Crippen LogP contribution in [0.25, 0.3) is 10.6 Å². The van der Waals surface area contributed by atoms with E-state index in [9.17, 15) is 0 Å². The molecule has 0 bridgehead atoms. The van der Waals surface area contributed by atoms with Crippen LogP contribution >= 0.6 is 11.3 Å². The molecular formula is C21H29N5OS. The minimum Gasteiger partial charge on any atom is -0.379 e. The normalized spacial score (nSPS) is 21.2. The van der Waals surface area contributed by atoms with Crippen LogP contribution < -0.4 is 5.32 Å².